The number of amides is 2. The molecule has 7 heteroatoms. The van der Waals surface area contributed by atoms with Gasteiger partial charge in [-0.25, -0.2) is 0 Å². The maximum absolute atomic E-state index is 12.6. The van der Waals surface area contributed by atoms with Gasteiger partial charge in [-0.05, 0) is 69.4 Å². The number of phenolic OH excluding ortho intramolecular Hbond substituents is 1. The molecule has 0 saturated heterocycles. The third-order valence-electron chi connectivity index (χ3n) is 5.14. The Kier molecular flexibility index (Phi) is 15.2. The fourth-order valence-corrected chi connectivity index (χ4v) is 3.33. The highest BCUT2D eigenvalue weighted by Gasteiger charge is 2.20. The molecule has 1 aromatic carbocycles. The van der Waals surface area contributed by atoms with Crippen molar-refractivity contribution in [3.05, 3.63) is 29.8 Å². The van der Waals surface area contributed by atoms with Gasteiger partial charge in [-0.15, -0.1) is 0 Å². The van der Waals surface area contributed by atoms with Crippen molar-refractivity contribution in [2.75, 3.05) is 26.2 Å². The van der Waals surface area contributed by atoms with Crippen LogP contribution in [0.4, 0.5) is 0 Å². The predicted octanol–water partition coefficient (Wildman–Crippen LogP) is 2.61. The molecule has 0 aliphatic carbocycles. The molecule has 0 aliphatic heterocycles. The Hall–Kier alpha value is -2.12. The van der Waals surface area contributed by atoms with Crippen LogP contribution in [0.3, 0.4) is 0 Å². The number of hydrogen-bond acceptors (Lipinski definition) is 5. The summed E-state index contributed by atoms with van der Waals surface area (Å²) in [6.45, 7) is 5.42. The number of phenols is 1. The van der Waals surface area contributed by atoms with Gasteiger partial charge in [0.15, 0.2) is 0 Å². The smallest absolute Gasteiger partial charge is 0.242 e. The van der Waals surface area contributed by atoms with Crippen molar-refractivity contribution in [3.63, 3.8) is 0 Å². The van der Waals surface area contributed by atoms with Crippen molar-refractivity contribution in [1.29, 1.82) is 0 Å². The molecule has 2 amide bonds. The summed E-state index contributed by atoms with van der Waals surface area (Å²) in [6.07, 6.45) is 9.30. The second-order valence-corrected chi connectivity index (χ2v) is 8.05. The standard InChI is InChI=1S/C24H42N4O3/c1-2-10-23(30)28-22(19-20-11-13-21(29)14-12-20)24(31)27-18-8-5-3-4-7-16-26-17-9-6-15-25/h11-14,22,26,29H,2-10,15-19,25H2,1H3,(H,27,31)(H,28,30). The number of hydrogen-bond donors (Lipinski definition) is 5. The molecule has 0 fully saturated rings. The van der Waals surface area contributed by atoms with E-state index in [1.807, 2.05) is 6.92 Å². The van der Waals surface area contributed by atoms with Gasteiger partial charge in [0.05, 0.1) is 0 Å². The summed E-state index contributed by atoms with van der Waals surface area (Å²) >= 11 is 0. The molecule has 0 spiro atoms. The fourth-order valence-electron chi connectivity index (χ4n) is 3.33. The van der Waals surface area contributed by atoms with Gasteiger partial charge in [0.25, 0.3) is 0 Å². The minimum absolute atomic E-state index is 0.113. The van der Waals surface area contributed by atoms with E-state index in [-0.39, 0.29) is 17.6 Å². The van der Waals surface area contributed by atoms with E-state index in [9.17, 15) is 14.7 Å². The third-order valence-corrected chi connectivity index (χ3v) is 5.14. The molecule has 1 atom stereocenters. The molecule has 1 unspecified atom stereocenters. The van der Waals surface area contributed by atoms with Crippen LogP contribution in [-0.4, -0.2) is 49.1 Å². The normalized spacial score (nSPS) is 11.8. The minimum atomic E-state index is -0.603. The third kappa shape index (κ3) is 13.7. The summed E-state index contributed by atoms with van der Waals surface area (Å²) in [4.78, 5) is 24.7. The topological polar surface area (TPSA) is 116 Å². The molecule has 0 radical (unpaired) electrons. The first-order chi connectivity index (χ1) is 15.1. The largest absolute Gasteiger partial charge is 0.508 e. The summed E-state index contributed by atoms with van der Waals surface area (Å²) in [5.74, 6) is -0.0839. The lowest BCUT2D eigenvalue weighted by Crippen LogP contribution is -2.48. The van der Waals surface area contributed by atoms with Crippen molar-refractivity contribution in [3.8, 4) is 5.75 Å². The number of carbonyl (C=O) groups excluding carboxylic acids is 2. The molecule has 0 aromatic heterocycles. The van der Waals surface area contributed by atoms with E-state index in [1.54, 1.807) is 24.3 Å². The summed E-state index contributed by atoms with van der Waals surface area (Å²) in [6, 6.07) is 6.12. The zero-order valence-corrected chi connectivity index (χ0v) is 19.1. The number of carbonyl (C=O) groups is 2. The average Bonchev–Trinajstić information content (AvgIpc) is 2.75. The zero-order chi connectivity index (χ0) is 22.7. The number of rotatable bonds is 18. The van der Waals surface area contributed by atoms with Crippen LogP contribution in [0.15, 0.2) is 24.3 Å². The summed E-state index contributed by atoms with van der Waals surface area (Å²) in [5, 5.41) is 18.7. The van der Waals surface area contributed by atoms with Crippen molar-refractivity contribution < 1.29 is 14.7 Å². The van der Waals surface area contributed by atoms with E-state index in [4.69, 9.17) is 5.73 Å². The van der Waals surface area contributed by atoms with E-state index in [2.05, 4.69) is 16.0 Å². The minimum Gasteiger partial charge on any atom is -0.508 e. The second-order valence-electron chi connectivity index (χ2n) is 8.05. The highest BCUT2D eigenvalue weighted by atomic mass is 16.3. The number of benzene rings is 1. The van der Waals surface area contributed by atoms with Crippen LogP contribution in [0.5, 0.6) is 5.75 Å². The maximum atomic E-state index is 12.6. The summed E-state index contributed by atoms with van der Waals surface area (Å²) in [7, 11) is 0. The van der Waals surface area contributed by atoms with Crippen LogP contribution >= 0.6 is 0 Å². The molecule has 1 aromatic rings. The Balaban J connectivity index is 2.25. The quantitative estimate of drug-likeness (QED) is 0.228. The number of aromatic hydroxyl groups is 1. The van der Waals surface area contributed by atoms with E-state index in [0.29, 0.717) is 19.4 Å². The Bertz CT molecular complexity index is 607. The molecule has 0 aliphatic rings. The highest BCUT2D eigenvalue weighted by Crippen LogP contribution is 2.12. The Morgan fingerprint density at radius 2 is 1.55 bits per heavy atom. The second kappa shape index (κ2) is 17.5. The monoisotopic (exact) mass is 434 g/mol. The predicted molar refractivity (Wildman–Crippen MR) is 126 cm³/mol. The Labute approximate surface area is 187 Å². The Morgan fingerprint density at radius 1 is 0.935 bits per heavy atom. The highest BCUT2D eigenvalue weighted by molar-refractivity contribution is 5.87. The number of nitrogens with one attached hydrogen (secondary N) is 3. The number of nitrogens with two attached hydrogens (primary N) is 1. The van der Waals surface area contributed by atoms with Crippen molar-refractivity contribution in [2.45, 2.75) is 77.2 Å². The van der Waals surface area contributed by atoms with Gasteiger partial charge in [-0.2, -0.15) is 0 Å². The van der Waals surface area contributed by atoms with Crippen LogP contribution < -0.4 is 21.7 Å². The van der Waals surface area contributed by atoms with Crippen molar-refractivity contribution in [1.82, 2.24) is 16.0 Å². The van der Waals surface area contributed by atoms with Crippen LogP contribution in [0.1, 0.15) is 70.3 Å². The molecular formula is C24H42N4O3. The van der Waals surface area contributed by atoms with E-state index >= 15 is 0 Å². The molecular weight excluding hydrogens is 392 g/mol. The first kappa shape index (κ1) is 26.9. The maximum Gasteiger partial charge on any atom is 0.242 e. The molecule has 176 valence electrons. The SMILES string of the molecule is CCCC(=O)NC(Cc1ccc(O)cc1)C(=O)NCCCCCCCNCCCCN. The van der Waals surface area contributed by atoms with E-state index in [1.165, 1.54) is 12.8 Å². The fraction of sp³-hybridized carbons (Fsp3) is 0.667. The number of unbranched alkanes of at least 4 members (excludes halogenated alkanes) is 5. The molecule has 0 heterocycles. The molecule has 0 bridgehead atoms. The summed E-state index contributed by atoms with van der Waals surface area (Å²) in [5.41, 5.74) is 6.37. The van der Waals surface area contributed by atoms with Gasteiger partial charge in [0, 0.05) is 19.4 Å². The first-order valence-electron chi connectivity index (χ1n) is 11.8. The first-order valence-corrected chi connectivity index (χ1v) is 11.8. The van der Waals surface area contributed by atoms with Crippen LogP contribution in [0.25, 0.3) is 0 Å². The van der Waals surface area contributed by atoms with E-state index < -0.39 is 6.04 Å². The molecule has 31 heavy (non-hydrogen) atoms. The summed E-state index contributed by atoms with van der Waals surface area (Å²) < 4.78 is 0. The molecule has 7 nitrogen and oxygen atoms in total. The van der Waals surface area contributed by atoms with Gasteiger partial charge in [0.1, 0.15) is 11.8 Å². The van der Waals surface area contributed by atoms with Gasteiger partial charge < -0.3 is 26.8 Å². The van der Waals surface area contributed by atoms with Crippen LogP contribution in [-0.2, 0) is 16.0 Å². The lowest BCUT2D eigenvalue weighted by atomic mass is 10.0. The van der Waals surface area contributed by atoms with Crippen LogP contribution in [0.2, 0.25) is 0 Å². The van der Waals surface area contributed by atoms with Gasteiger partial charge in [-0.1, -0.05) is 38.3 Å². The van der Waals surface area contributed by atoms with Crippen molar-refractivity contribution in [2.24, 2.45) is 5.73 Å². The van der Waals surface area contributed by atoms with Gasteiger partial charge in [-0.3, -0.25) is 9.59 Å². The Morgan fingerprint density at radius 3 is 2.19 bits per heavy atom. The average molecular weight is 435 g/mol. The van der Waals surface area contributed by atoms with Crippen molar-refractivity contribution >= 4 is 11.8 Å². The molecule has 0 saturated carbocycles. The van der Waals surface area contributed by atoms with Crippen LogP contribution in [0, 0.1) is 0 Å². The van der Waals surface area contributed by atoms with Gasteiger partial charge >= 0.3 is 0 Å². The lowest BCUT2D eigenvalue weighted by molar-refractivity contribution is -0.129. The molecule has 6 N–H and O–H groups in total. The lowest BCUT2D eigenvalue weighted by Gasteiger charge is -2.19. The molecule has 1 rings (SSSR count). The van der Waals surface area contributed by atoms with E-state index in [0.717, 1.165) is 63.7 Å². The van der Waals surface area contributed by atoms with Gasteiger partial charge in [0.2, 0.25) is 11.8 Å². The zero-order valence-electron chi connectivity index (χ0n) is 19.1.